The molecule has 3 aromatic heterocycles. The molecule has 0 amide bonds. The largest absolute Gasteiger partial charge is 0.370 e. The number of rotatable bonds is 9. The minimum Gasteiger partial charge on any atom is -0.370 e. The monoisotopic (exact) mass is 527 g/mol. The van der Waals surface area contributed by atoms with Crippen molar-refractivity contribution in [3.8, 4) is 0 Å². The van der Waals surface area contributed by atoms with Crippen LogP contribution in [0.3, 0.4) is 0 Å². The fraction of sp³-hybridized carbons (Fsp3) is 0.129. The molecule has 0 aliphatic rings. The highest BCUT2D eigenvalue weighted by Crippen LogP contribution is 2.26. The standard InChI is InChI=1S/C31H29N9/c1-38(27-13-15-32-16-14-27)20-24-9-6-10-26(17-24)36-30-33-22-34-31(37-30)39(2)28-11-12-29-25(18-28)19-35-40(29)21-23-7-4-3-5-8-23/h3-19,22H,20-21H2,1-2H3,(H,33,34,36,37). The molecule has 3 heterocycles. The third-order valence-electron chi connectivity index (χ3n) is 6.75. The minimum atomic E-state index is 0.480. The Labute approximate surface area is 232 Å². The molecule has 0 aliphatic carbocycles. The van der Waals surface area contributed by atoms with E-state index in [1.807, 2.05) is 65.3 Å². The highest BCUT2D eigenvalue weighted by molar-refractivity contribution is 5.83. The number of nitrogens with zero attached hydrogens (tertiary/aromatic N) is 8. The van der Waals surface area contributed by atoms with E-state index in [-0.39, 0.29) is 0 Å². The van der Waals surface area contributed by atoms with E-state index < -0.39 is 0 Å². The molecular weight excluding hydrogens is 498 g/mol. The maximum absolute atomic E-state index is 4.68. The van der Waals surface area contributed by atoms with Crippen LogP contribution >= 0.6 is 0 Å². The number of benzene rings is 3. The Balaban J connectivity index is 1.16. The van der Waals surface area contributed by atoms with Gasteiger partial charge in [0.05, 0.1) is 18.3 Å². The number of hydrogen-bond acceptors (Lipinski definition) is 8. The normalized spacial score (nSPS) is 10.9. The van der Waals surface area contributed by atoms with Crippen LogP contribution in [0, 0.1) is 0 Å². The van der Waals surface area contributed by atoms with Crippen LogP contribution in [0.25, 0.3) is 10.9 Å². The zero-order chi connectivity index (χ0) is 27.3. The molecule has 6 aromatic rings. The lowest BCUT2D eigenvalue weighted by Gasteiger charge is -2.20. The van der Waals surface area contributed by atoms with Gasteiger partial charge in [0.15, 0.2) is 0 Å². The summed E-state index contributed by atoms with van der Waals surface area (Å²) in [5.41, 5.74) is 6.44. The summed E-state index contributed by atoms with van der Waals surface area (Å²) in [6, 6.07) is 28.8. The van der Waals surface area contributed by atoms with Crippen LogP contribution in [0.2, 0.25) is 0 Å². The van der Waals surface area contributed by atoms with Gasteiger partial charge >= 0.3 is 0 Å². The molecule has 40 heavy (non-hydrogen) atoms. The molecular formula is C31H29N9. The summed E-state index contributed by atoms with van der Waals surface area (Å²) in [6.45, 7) is 1.48. The van der Waals surface area contributed by atoms with Crippen LogP contribution in [0.5, 0.6) is 0 Å². The molecule has 0 saturated carbocycles. The SMILES string of the molecule is CN(Cc1cccc(Nc2ncnc(N(C)c3ccc4c(cnn4Cc4ccccc4)c3)n2)c1)c1ccncc1. The predicted octanol–water partition coefficient (Wildman–Crippen LogP) is 5.81. The molecule has 6 rings (SSSR count). The maximum Gasteiger partial charge on any atom is 0.234 e. The zero-order valence-electron chi connectivity index (χ0n) is 22.4. The summed E-state index contributed by atoms with van der Waals surface area (Å²) in [7, 11) is 4.01. The maximum atomic E-state index is 4.68. The molecule has 0 bridgehead atoms. The van der Waals surface area contributed by atoms with E-state index in [1.165, 1.54) is 11.9 Å². The van der Waals surface area contributed by atoms with Gasteiger partial charge < -0.3 is 15.1 Å². The van der Waals surface area contributed by atoms with Crippen LogP contribution in [-0.4, -0.2) is 43.8 Å². The second-order valence-corrected chi connectivity index (χ2v) is 9.59. The summed E-state index contributed by atoms with van der Waals surface area (Å²) in [5.74, 6) is 1.02. The quantitative estimate of drug-likeness (QED) is 0.252. The highest BCUT2D eigenvalue weighted by atomic mass is 15.3. The predicted molar refractivity (Wildman–Crippen MR) is 159 cm³/mol. The van der Waals surface area contributed by atoms with Crippen molar-refractivity contribution in [2.45, 2.75) is 13.1 Å². The van der Waals surface area contributed by atoms with Gasteiger partial charge in [-0.3, -0.25) is 9.67 Å². The zero-order valence-corrected chi connectivity index (χ0v) is 22.4. The van der Waals surface area contributed by atoms with E-state index in [1.54, 1.807) is 12.4 Å². The summed E-state index contributed by atoms with van der Waals surface area (Å²) < 4.78 is 2.02. The summed E-state index contributed by atoms with van der Waals surface area (Å²) in [5, 5.41) is 8.99. The van der Waals surface area contributed by atoms with Gasteiger partial charge in [0, 0.05) is 55.5 Å². The Hall–Kier alpha value is -5.31. The Morgan fingerprint density at radius 1 is 0.800 bits per heavy atom. The fourth-order valence-electron chi connectivity index (χ4n) is 4.63. The average molecular weight is 528 g/mol. The number of aromatic nitrogens is 6. The lowest BCUT2D eigenvalue weighted by molar-refractivity contribution is 0.712. The van der Waals surface area contributed by atoms with Crippen LogP contribution in [-0.2, 0) is 13.1 Å². The topological polar surface area (TPSA) is 87.9 Å². The van der Waals surface area contributed by atoms with E-state index in [9.17, 15) is 0 Å². The van der Waals surface area contributed by atoms with Crippen molar-refractivity contribution < 1.29 is 0 Å². The van der Waals surface area contributed by atoms with Crippen molar-refractivity contribution in [1.29, 1.82) is 0 Å². The molecule has 0 spiro atoms. The lowest BCUT2D eigenvalue weighted by Crippen LogP contribution is -2.16. The van der Waals surface area contributed by atoms with Gasteiger partial charge in [-0.25, -0.2) is 9.97 Å². The van der Waals surface area contributed by atoms with Crippen molar-refractivity contribution >= 4 is 39.9 Å². The number of anilines is 5. The fourth-order valence-corrected chi connectivity index (χ4v) is 4.63. The van der Waals surface area contributed by atoms with Crippen molar-refractivity contribution in [1.82, 2.24) is 29.7 Å². The smallest absolute Gasteiger partial charge is 0.234 e. The van der Waals surface area contributed by atoms with Gasteiger partial charge in [0.1, 0.15) is 6.33 Å². The van der Waals surface area contributed by atoms with Gasteiger partial charge in [-0.05, 0) is 53.6 Å². The van der Waals surface area contributed by atoms with E-state index in [2.05, 4.69) is 84.8 Å². The van der Waals surface area contributed by atoms with Crippen LogP contribution in [0.15, 0.2) is 110 Å². The van der Waals surface area contributed by atoms with Crippen LogP contribution in [0.4, 0.5) is 29.0 Å². The Morgan fingerprint density at radius 3 is 2.48 bits per heavy atom. The first-order valence-electron chi connectivity index (χ1n) is 13.0. The van der Waals surface area contributed by atoms with Crippen molar-refractivity contribution in [2.75, 3.05) is 29.2 Å². The van der Waals surface area contributed by atoms with Crippen LogP contribution < -0.4 is 15.1 Å². The first kappa shape index (κ1) is 25.0. The van der Waals surface area contributed by atoms with Gasteiger partial charge in [0.2, 0.25) is 11.9 Å². The molecule has 198 valence electrons. The highest BCUT2D eigenvalue weighted by Gasteiger charge is 2.12. The number of nitrogens with one attached hydrogen (secondary N) is 1. The average Bonchev–Trinajstić information content (AvgIpc) is 3.40. The second-order valence-electron chi connectivity index (χ2n) is 9.59. The number of fused-ring (bicyclic) bond motifs is 1. The van der Waals surface area contributed by atoms with Gasteiger partial charge in [-0.1, -0.05) is 42.5 Å². The van der Waals surface area contributed by atoms with E-state index >= 15 is 0 Å². The first-order chi connectivity index (χ1) is 19.6. The van der Waals surface area contributed by atoms with Gasteiger partial charge in [0.25, 0.3) is 0 Å². The number of hydrogen-bond donors (Lipinski definition) is 1. The molecule has 9 nitrogen and oxygen atoms in total. The molecule has 1 N–H and O–H groups in total. The molecule has 0 aliphatic heterocycles. The van der Waals surface area contributed by atoms with Crippen molar-refractivity contribution in [3.05, 3.63) is 121 Å². The minimum absolute atomic E-state index is 0.480. The van der Waals surface area contributed by atoms with Gasteiger partial charge in [-0.2, -0.15) is 10.1 Å². The van der Waals surface area contributed by atoms with Gasteiger partial charge in [-0.15, -0.1) is 0 Å². The van der Waals surface area contributed by atoms with Crippen molar-refractivity contribution in [2.24, 2.45) is 0 Å². The molecule has 9 heteroatoms. The second kappa shape index (κ2) is 11.2. The van der Waals surface area contributed by atoms with Crippen molar-refractivity contribution in [3.63, 3.8) is 0 Å². The lowest BCUT2D eigenvalue weighted by atomic mass is 10.2. The molecule has 3 aromatic carbocycles. The Kier molecular flexibility index (Phi) is 7.00. The van der Waals surface area contributed by atoms with E-state index in [4.69, 9.17) is 0 Å². The third kappa shape index (κ3) is 5.58. The third-order valence-corrected chi connectivity index (χ3v) is 6.75. The summed E-state index contributed by atoms with van der Waals surface area (Å²) >= 11 is 0. The molecule has 0 radical (unpaired) electrons. The van der Waals surface area contributed by atoms with E-state index in [0.29, 0.717) is 11.9 Å². The molecule has 0 saturated heterocycles. The molecule has 0 fully saturated rings. The molecule has 0 unspecified atom stereocenters. The number of pyridine rings is 1. The summed E-state index contributed by atoms with van der Waals surface area (Å²) in [4.78, 5) is 21.7. The van der Waals surface area contributed by atoms with Crippen LogP contribution in [0.1, 0.15) is 11.1 Å². The first-order valence-corrected chi connectivity index (χ1v) is 13.0. The Morgan fingerprint density at radius 2 is 1.62 bits per heavy atom. The molecule has 0 atom stereocenters. The van der Waals surface area contributed by atoms with E-state index in [0.717, 1.165) is 46.6 Å². The Bertz CT molecular complexity index is 1720. The summed E-state index contributed by atoms with van der Waals surface area (Å²) in [6.07, 6.45) is 7.03.